The quantitative estimate of drug-likeness (QED) is 0.329. The van der Waals surface area contributed by atoms with Crippen molar-refractivity contribution < 1.29 is 14.0 Å². The Morgan fingerprint density at radius 3 is 2.52 bits per heavy atom. The standard InChI is InChI=1S/C22H26N4O3/c1-3-23-22(24-13-14-28-20-11-9-19(27-2)10-12-20)25-16-18-15-21(29-26-18)17-7-5-4-6-8-17/h4-12,15H,3,13-14,16H2,1-2H3,(H2,23,24,25). The molecule has 7 heteroatoms. The fourth-order valence-corrected chi connectivity index (χ4v) is 2.64. The molecule has 1 heterocycles. The van der Waals surface area contributed by atoms with Gasteiger partial charge < -0.3 is 24.6 Å². The van der Waals surface area contributed by atoms with E-state index in [9.17, 15) is 0 Å². The van der Waals surface area contributed by atoms with Crippen molar-refractivity contribution in [1.82, 2.24) is 15.8 Å². The van der Waals surface area contributed by atoms with Crippen LogP contribution in [0.25, 0.3) is 11.3 Å². The second-order valence-electron chi connectivity index (χ2n) is 6.19. The van der Waals surface area contributed by atoms with Crippen LogP contribution in [0.1, 0.15) is 12.6 Å². The number of hydrogen-bond donors (Lipinski definition) is 2. The molecule has 0 radical (unpaired) electrons. The predicted octanol–water partition coefficient (Wildman–Crippen LogP) is 3.48. The van der Waals surface area contributed by atoms with Crippen molar-refractivity contribution in [3.8, 4) is 22.8 Å². The van der Waals surface area contributed by atoms with Crippen molar-refractivity contribution in [3.05, 3.63) is 66.4 Å². The lowest BCUT2D eigenvalue weighted by Gasteiger charge is -2.12. The first kappa shape index (κ1) is 20.3. The normalized spacial score (nSPS) is 11.2. The van der Waals surface area contributed by atoms with E-state index in [-0.39, 0.29) is 0 Å². The van der Waals surface area contributed by atoms with E-state index >= 15 is 0 Å². The van der Waals surface area contributed by atoms with Crippen LogP contribution >= 0.6 is 0 Å². The van der Waals surface area contributed by atoms with Crippen LogP contribution in [-0.2, 0) is 6.54 Å². The van der Waals surface area contributed by atoms with Gasteiger partial charge in [-0.1, -0.05) is 35.5 Å². The van der Waals surface area contributed by atoms with Gasteiger partial charge in [0.05, 0.1) is 20.2 Å². The smallest absolute Gasteiger partial charge is 0.191 e. The Kier molecular flexibility index (Phi) is 7.51. The number of hydrogen-bond acceptors (Lipinski definition) is 5. The number of methoxy groups -OCH3 is 1. The van der Waals surface area contributed by atoms with Gasteiger partial charge in [0.25, 0.3) is 0 Å². The van der Waals surface area contributed by atoms with E-state index in [0.717, 1.165) is 35.1 Å². The minimum Gasteiger partial charge on any atom is -0.497 e. The zero-order valence-corrected chi connectivity index (χ0v) is 16.7. The molecule has 2 N–H and O–H groups in total. The molecule has 0 aliphatic heterocycles. The Bertz CT molecular complexity index is 892. The summed E-state index contributed by atoms with van der Waals surface area (Å²) in [6.45, 7) is 4.34. The minimum absolute atomic E-state index is 0.422. The van der Waals surface area contributed by atoms with Crippen LogP contribution in [0, 0.1) is 0 Å². The molecule has 0 aliphatic carbocycles. The maximum absolute atomic E-state index is 5.72. The summed E-state index contributed by atoms with van der Waals surface area (Å²) < 4.78 is 16.3. The average molecular weight is 394 g/mol. The number of guanidine groups is 1. The van der Waals surface area contributed by atoms with Crippen LogP contribution in [0.3, 0.4) is 0 Å². The molecule has 0 spiro atoms. The number of aliphatic imine (C=N–C) groups is 1. The molecule has 1 aromatic heterocycles. The second kappa shape index (κ2) is 10.8. The van der Waals surface area contributed by atoms with Crippen molar-refractivity contribution >= 4 is 5.96 Å². The van der Waals surface area contributed by atoms with E-state index < -0.39 is 0 Å². The van der Waals surface area contributed by atoms with Gasteiger partial charge in [0.15, 0.2) is 11.7 Å². The Morgan fingerprint density at radius 1 is 1.03 bits per heavy atom. The fraction of sp³-hybridized carbons (Fsp3) is 0.273. The highest BCUT2D eigenvalue weighted by Crippen LogP contribution is 2.20. The summed E-state index contributed by atoms with van der Waals surface area (Å²) in [5.41, 5.74) is 1.77. The summed E-state index contributed by atoms with van der Waals surface area (Å²) in [7, 11) is 1.64. The van der Waals surface area contributed by atoms with Gasteiger partial charge in [-0.3, -0.25) is 0 Å². The molecule has 0 atom stereocenters. The highest BCUT2D eigenvalue weighted by Gasteiger charge is 2.06. The number of nitrogens with one attached hydrogen (secondary N) is 2. The molecule has 152 valence electrons. The van der Waals surface area contributed by atoms with Crippen LogP contribution in [0.2, 0.25) is 0 Å². The fourth-order valence-electron chi connectivity index (χ4n) is 2.64. The number of aromatic nitrogens is 1. The van der Waals surface area contributed by atoms with Gasteiger partial charge in [-0.05, 0) is 31.2 Å². The van der Waals surface area contributed by atoms with Gasteiger partial charge >= 0.3 is 0 Å². The van der Waals surface area contributed by atoms with Gasteiger partial charge in [-0.15, -0.1) is 0 Å². The molecule has 0 saturated carbocycles. The maximum Gasteiger partial charge on any atom is 0.191 e. The summed E-state index contributed by atoms with van der Waals surface area (Å²) >= 11 is 0. The third kappa shape index (κ3) is 6.27. The summed E-state index contributed by atoms with van der Waals surface area (Å²) in [5, 5.41) is 10.6. The van der Waals surface area contributed by atoms with Crippen molar-refractivity contribution in [2.75, 3.05) is 26.8 Å². The van der Waals surface area contributed by atoms with E-state index in [1.54, 1.807) is 7.11 Å². The number of rotatable bonds is 9. The summed E-state index contributed by atoms with van der Waals surface area (Å²) in [6.07, 6.45) is 0. The summed E-state index contributed by atoms with van der Waals surface area (Å²) in [6, 6.07) is 19.3. The molecule has 0 aliphatic rings. The summed E-state index contributed by atoms with van der Waals surface area (Å²) in [4.78, 5) is 4.56. The Labute approximate surface area is 170 Å². The molecule has 0 unspecified atom stereocenters. The number of ether oxygens (including phenoxy) is 2. The Hall–Kier alpha value is -3.48. The van der Waals surface area contributed by atoms with E-state index in [0.29, 0.717) is 25.7 Å². The molecular weight excluding hydrogens is 368 g/mol. The molecule has 0 saturated heterocycles. The summed E-state index contributed by atoms with van der Waals surface area (Å²) in [5.74, 6) is 3.04. The molecule has 3 rings (SSSR count). The van der Waals surface area contributed by atoms with Crippen LogP contribution in [0.15, 0.2) is 70.2 Å². The lowest BCUT2D eigenvalue weighted by molar-refractivity contribution is 0.321. The topological polar surface area (TPSA) is 80.9 Å². The number of nitrogens with zero attached hydrogens (tertiary/aromatic N) is 2. The first-order valence-electron chi connectivity index (χ1n) is 9.58. The molecule has 7 nitrogen and oxygen atoms in total. The lowest BCUT2D eigenvalue weighted by Crippen LogP contribution is -2.39. The van der Waals surface area contributed by atoms with E-state index in [1.165, 1.54) is 0 Å². The van der Waals surface area contributed by atoms with Crippen LogP contribution < -0.4 is 20.1 Å². The predicted molar refractivity (Wildman–Crippen MR) is 113 cm³/mol. The molecule has 29 heavy (non-hydrogen) atoms. The zero-order valence-electron chi connectivity index (χ0n) is 16.7. The van der Waals surface area contributed by atoms with E-state index in [4.69, 9.17) is 14.0 Å². The van der Waals surface area contributed by atoms with E-state index in [1.807, 2.05) is 67.6 Å². The lowest BCUT2D eigenvalue weighted by atomic mass is 10.2. The molecule has 3 aromatic rings. The molecule has 2 aromatic carbocycles. The highest BCUT2D eigenvalue weighted by molar-refractivity contribution is 5.79. The third-order valence-corrected chi connectivity index (χ3v) is 4.08. The third-order valence-electron chi connectivity index (χ3n) is 4.08. The Balaban J connectivity index is 1.48. The highest BCUT2D eigenvalue weighted by atomic mass is 16.5. The molecule has 0 amide bonds. The molecule has 0 bridgehead atoms. The van der Waals surface area contributed by atoms with Gasteiger partial charge in [-0.2, -0.15) is 0 Å². The zero-order chi connectivity index (χ0) is 20.3. The molecular formula is C22H26N4O3. The maximum atomic E-state index is 5.72. The molecule has 0 fully saturated rings. The largest absolute Gasteiger partial charge is 0.497 e. The van der Waals surface area contributed by atoms with Crippen LogP contribution in [-0.4, -0.2) is 37.9 Å². The number of benzene rings is 2. The van der Waals surface area contributed by atoms with Crippen molar-refractivity contribution in [1.29, 1.82) is 0 Å². The van der Waals surface area contributed by atoms with Gasteiger partial charge in [0, 0.05) is 18.2 Å². The van der Waals surface area contributed by atoms with Crippen LogP contribution in [0.4, 0.5) is 0 Å². The van der Waals surface area contributed by atoms with Gasteiger partial charge in [0.2, 0.25) is 0 Å². The first-order chi connectivity index (χ1) is 14.3. The van der Waals surface area contributed by atoms with Crippen molar-refractivity contribution in [3.63, 3.8) is 0 Å². The Morgan fingerprint density at radius 2 is 1.79 bits per heavy atom. The van der Waals surface area contributed by atoms with Gasteiger partial charge in [0.1, 0.15) is 23.8 Å². The van der Waals surface area contributed by atoms with E-state index in [2.05, 4.69) is 20.8 Å². The van der Waals surface area contributed by atoms with Gasteiger partial charge in [-0.25, -0.2) is 4.99 Å². The minimum atomic E-state index is 0.422. The average Bonchev–Trinajstić information content (AvgIpc) is 3.25. The van der Waals surface area contributed by atoms with Crippen molar-refractivity contribution in [2.24, 2.45) is 4.99 Å². The van der Waals surface area contributed by atoms with Crippen molar-refractivity contribution in [2.45, 2.75) is 13.5 Å². The SMILES string of the molecule is CCNC(=NCc1cc(-c2ccccc2)on1)NCCOc1ccc(OC)cc1. The first-order valence-corrected chi connectivity index (χ1v) is 9.58. The second-order valence-corrected chi connectivity index (χ2v) is 6.19. The monoisotopic (exact) mass is 394 g/mol. The van der Waals surface area contributed by atoms with Crippen LogP contribution in [0.5, 0.6) is 11.5 Å².